The lowest BCUT2D eigenvalue weighted by molar-refractivity contribution is 0.387. The third-order valence-corrected chi connectivity index (χ3v) is 5.09. The molecule has 1 aliphatic rings. The van der Waals surface area contributed by atoms with E-state index in [1.165, 1.54) is 37.9 Å². The minimum Gasteiger partial charge on any atom is -0.314 e. The van der Waals surface area contributed by atoms with Crippen LogP contribution in [-0.2, 0) is 0 Å². The molecule has 0 bridgehead atoms. The molecule has 1 nitrogen and oxygen atoms in total. The van der Waals surface area contributed by atoms with Gasteiger partial charge in [-0.3, -0.25) is 0 Å². The van der Waals surface area contributed by atoms with Gasteiger partial charge in [-0.05, 0) is 37.5 Å². The molecule has 1 N–H and O–H groups in total. The largest absolute Gasteiger partial charge is 0.314 e. The van der Waals surface area contributed by atoms with Crippen LogP contribution < -0.4 is 5.32 Å². The lowest BCUT2D eigenvalue weighted by atomic mass is 9.95. The first-order valence-corrected chi connectivity index (χ1v) is 7.66. The van der Waals surface area contributed by atoms with Gasteiger partial charge in [0.25, 0.3) is 0 Å². The summed E-state index contributed by atoms with van der Waals surface area (Å²) in [6, 6.07) is 0.804. The van der Waals surface area contributed by atoms with Crippen LogP contribution in [0.5, 0.6) is 0 Å². The van der Waals surface area contributed by atoms with Crippen LogP contribution in [0.4, 0.5) is 0 Å². The Kier molecular flexibility index (Phi) is 6.74. The Bertz CT molecular complexity index is 159. The Morgan fingerprint density at radius 2 is 2.13 bits per heavy atom. The SMILES string of the molecule is CCNC1CCCC(SCC(C)CC)C1. The number of nitrogens with one attached hydrogen (secondary N) is 1. The second kappa shape index (κ2) is 7.56. The maximum absolute atomic E-state index is 3.60. The monoisotopic (exact) mass is 229 g/mol. The summed E-state index contributed by atoms with van der Waals surface area (Å²) in [6.45, 7) is 8.02. The molecule has 0 aromatic carbocycles. The van der Waals surface area contributed by atoms with Crippen LogP contribution in [0.3, 0.4) is 0 Å². The number of hydrogen-bond acceptors (Lipinski definition) is 2. The zero-order valence-electron chi connectivity index (χ0n) is 10.6. The van der Waals surface area contributed by atoms with Crippen molar-refractivity contribution in [3.8, 4) is 0 Å². The molecule has 2 heteroatoms. The second-order valence-electron chi connectivity index (χ2n) is 4.89. The van der Waals surface area contributed by atoms with Crippen molar-refractivity contribution in [2.45, 2.75) is 64.2 Å². The summed E-state index contributed by atoms with van der Waals surface area (Å²) in [5.41, 5.74) is 0. The van der Waals surface area contributed by atoms with Gasteiger partial charge in [0.05, 0.1) is 0 Å². The molecule has 0 heterocycles. The average molecular weight is 229 g/mol. The number of hydrogen-bond donors (Lipinski definition) is 1. The van der Waals surface area contributed by atoms with Gasteiger partial charge in [0.15, 0.2) is 0 Å². The van der Waals surface area contributed by atoms with Crippen molar-refractivity contribution in [3.63, 3.8) is 0 Å². The molecule has 15 heavy (non-hydrogen) atoms. The molecular weight excluding hydrogens is 202 g/mol. The Labute approximate surface area is 99.8 Å². The first-order valence-electron chi connectivity index (χ1n) is 6.61. The van der Waals surface area contributed by atoms with Crippen LogP contribution >= 0.6 is 11.8 Å². The third kappa shape index (κ3) is 5.26. The molecule has 3 unspecified atom stereocenters. The first kappa shape index (κ1) is 13.4. The lowest BCUT2D eigenvalue weighted by Gasteiger charge is -2.29. The summed E-state index contributed by atoms with van der Waals surface area (Å²) in [5.74, 6) is 2.26. The summed E-state index contributed by atoms with van der Waals surface area (Å²) in [6.07, 6.45) is 7.00. The van der Waals surface area contributed by atoms with Crippen molar-refractivity contribution in [2.24, 2.45) is 5.92 Å². The van der Waals surface area contributed by atoms with Gasteiger partial charge in [-0.2, -0.15) is 11.8 Å². The molecule has 3 atom stereocenters. The molecule has 0 aromatic rings. The van der Waals surface area contributed by atoms with E-state index >= 15 is 0 Å². The molecule has 1 aliphatic carbocycles. The van der Waals surface area contributed by atoms with Crippen molar-refractivity contribution in [1.29, 1.82) is 0 Å². The zero-order valence-corrected chi connectivity index (χ0v) is 11.4. The van der Waals surface area contributed by atoms with Gasteiger partial charge >= 0.3 is 0 Å². The fourth-order valence-corrected chi connectivity index (χ4v) is 3.73. The van der Waals surface area contributed by atoms with Gasteiger partial charge in [-0.15, -0.1) is 0 Å². The highest BCUT2D eigenvalue weighted by molar-refractivity contribution is 7.99. The van der Waals surface area contributed by atoms with Crippen molar-refractivity contribution < 1.29 is 0 Å². The summed E-state index contributed by atoms with van der Waals surface area (Å²) in [7, 11) is 0. The molecule has 0 spiro atoms. The quantitative estimate of drug-likeness (QED) is 0.745. The van der Waals surface area contributed by atoms with Crippen molar-refractivity contribution in [2.75, 3.05) is 12.3 Å². The summed E-state index contributed by atoms with van der Waals surface area (Å²) in [4.78, 5) is 0. The van der Waals surface area contributed by atoms with Crippen LogP contribution in [-0.4, -0.2) is 23.6 Å². The van der Waals surface area contributed by atoms with Crippen molar-refractivity contribution in [1.82, 2.24) is 5.32 Å². The van der Waals surface area contributed by atoms with E-state index in [1.54, 1.807) is 0 Å². The molecule has 0 aliphatic heterocycles. The lowest BCUT2D eigenvalue weighted by Crippen LogP contribution is -2.35. The molecule has 0 aromatic heterocycles. The van der Waals surface area contributed by atoms with E-state index in [0.29, 0.717) is 0 Å². The van der Waals surface area contributed by atoms with E-state index in [9.17, 15) is 0 Å². The highest BCUT2D eigenvalue weighted by atomic mass is 32.2. The maximum Gasteiger partial charge on any atom is 0.00774 e. The van der Waals surface area contributed by atoms with E-state index in [0.717, 1.165) is 23.8 Å². The summed E-state index contributed by atoms with van der Waals surface area (Å²) in [5, 5.41) is 4.53. The maximum atomic E-state index is 3.60. The molecule has 0 saturated heterocycles. The molecule has 90 valence electrons. The zero-order chi connectivity index (χ0) is 11.1. The second-order valence-corrected chi connectivity index (χ2v) is 6.22. The Balaban J connectivity index is 2.18. The predicted molar refractivity (Wildman–Crippen MR) is 71.6 cm³/mol. The Morgan fingerprint density at radius 1 is 1.33 bits per heavy atom. The fourth-order valence-electron chi connectivity index (χ4n) is 2.19. The minimum absolute atomic E-state index is 0.804. The van der Waals surface area contributed by atoms with Crippen LogP contribution in [0.15, 0.2) is 0 Å². The Hall–Kier alpha value is 0.310. The van der Waals surface area contributed by atoms with Gasteiger partial charge in [0.1, 0.15) is 0 Å². The number of thioether (sulfide) groups is 1. The van der Waals surface area contributed by atoms with E-state index in [1.807, 2.05) is 0 Å². The van der Waals surface area contributed by atoms with Crippen LogP contribution in [0.2, 0.25) is 0 Å². The van der Waals surface area contributed by atoms with E-state index in [-0.39, 0.29) is 0 Å². The van der Waals surface area contributed by atoms with E-state index in [4.69, 9.17) is 0 Å². The first-order chi connectivity index (χ1) is 7.26. The van der Waals surface area contributed by atoms with E-state index < -0.39 is 0 Å². The van der Waals surface area contributed by atoms with Crippen molar-refractivity contribution in [3.05, 3.63) is 0 Å². The van der Waals surface area contributed by atoms with Crippen LogP contribution in [0, 0.1) is 5.92 Å². The van der Waals surface area contributed by atoms with Gasteiger partial charge in [0.2, 0.25) is 0 Å². The molecule has 1 saturated carbocycles. The summed E-state index contributed by atoms with van der Waals surface area (Å²) < 4.78 is 0. The number of rotatable bonds is 6. The Morgan fingerprint density at radius 3 is 2.80 bits per heavy atom. The minimum atomic E-state index is 0.804. The molecule has 1 rings (SSSR count). The summed E-state index contributed by atoms with van der Waals surface area (Å²) >= 11 is 2.22. The fraction of sp³-hybridized carbons (Fsp3) is 1.00. The highest BCUT2D eigenvalue weighted by Gasteiger charge is 2.21. The standard InChI is InChI=1S/C13H27NS/c1-4-11(3)10-15-13-8-6-7-12(9-13)14-5-2/h11-14H,4-10H2,1-3H3. The molecular formula is C13H27NS. The molecule has 0 amide bonds. The average Bonchev–Trinajstić information content (AvgIpc) is 2.27. The normalized spacial score (nSPS) is 29.0. The van der Waals surface area contributed by atoms with Gasteiger partial charge < -0.3 is 5.32 Å². The van der Waals surface area contributed by atoms with E-state index in [2.05, 4.69) is 37.8 Å². The van der Waals surface area contributed by atoms with Gasteiger partial charge in [-0.25, -0.2) is 0 Å². The smallest absolute Gasteiger partial charge is 0.00774 e. The van der Waals surface area contributed by atoms with Gasteiger partial charge in [0, 0.05) is 11.3 Å². The topological polar surface area (TPSA) is 12.0 Å². The van der Waals surface area contributed by atoms with Crippen LogP contribution in [0.1, 0.15) is 52.9 Å². The van der Waals surface area contributed by atoms with Gasteiger partial charge in [-0.1, -0.05) is 33.6 Å². The van der Waals surface area contributed by atoms with Crippen LogP contribution in [0.25, 0.3) is 0 Å². The third-order valence-electron chi connectivity index (χ3n) is 3.43. The molecule has 0 radical (unpaired) electrons. The molecule has 1 fully saturated rings. The van der Waals surface area contributed by atoms with Crippen molar-refractivity contribution >= 4 is 11.8 Å². The predicted octanol–water partition coefficient (Wildman–Crippen LogP) is 3.69. The highest BCUT2D eigenvalue weighted by Crippen LogP contribution is 2.30.